The number of aromatic nitrogens is 1. The van der Waals surface area contributed by atoms with Crippen molar-refractivity contribution in [2.75, 3.05) is 10.8 Å². The highest BCUT2D eigenvalue weighted by atomic mass is 32.2. The summed E-state index contributed by atoms with van der Waals surface area (Å²) in [6.45, 7) is 3.21. The van der Waals surface area contributed by atoms with Gasteiger partial charge in [-0.15, -0.1) is 0 Å². The number of aromatic hydroxyl groups is 1. The zero-order chi connectivity index (χ0) is 16.8. The van der Waals surface area contributed by atoms with Crippen LogP contribution in [-0.2, 0) is 15.0 Å². The van der Waals surface area contributed by atoms with E-state index in [2.05, 4.69) is 4.98 Å². The summed E-state index contributed by atoms with van der Waals surface area (Å²) < 4.78 is 26.6. The Labute approximate surface area is 133 Å². The van der Waals surface area contributed by atoms with Crippen molar-refractivity contribution >= 4 is 21.8 Å². The van der Waals surface area contributed by atoms with Crippen LogP contribution in [0.4, 0.5) is 5.69 Å². The number of anilines is 1. The van der Waals surface area contributed by atoms with E-state index in [9.17, 15) is 18.3 Å². The van der Waals surface area contributed by atoms with Gasteiger partial charge in [0.25, 0.3) is 5.91 Å². The minimum Gasteiger partial charge on any atom is -0.506 e. The fraction of sp³-hybridized carbons (Fsp3) is 0.200. The number of benzene rings is 1. The Morgan fingerprint density at radius 3 is 2.48 bits per heavy atom. The summed E-state index contributed by atoms with van der Waals surface area (Å²) in [7, 11) is -3.96. The summed E-state index contributed by atoms with van der Waals surface area (Å²) in [6, 6.07) is 6.93. The van der Waals surface area contributed by atoms with Crippen LogP contribution in [0.3, 0.4) is 0 Å². The van der Waals surface area contributed by atoms with Crippen LogP contribution < -0.4 is 9.03 Å². The van der Waals surface area contributed by atoms with E-state index in [-0.39, 0.29) is 18.0 Å². The lowest BCUT2D eigenvalue weighted by Crippen LogP contribution is -2.30. The largest absolute Gasteiger partial charge is 0.506 e. The van der Waals surface area contributed by atoms with Gasteiger partial charge in [-0.1, -0.05) is 6.07 Å². The van der Waals surface area contributed by atoms with Crippen molar-refractivity contribution in [3.8, 4) is 16.9 Å². The maximum absolute atomic E-state index is 11.9. The zero-order valence-electron chi connectivity index (χ0n) is 12.6. The molecule has 1 amide bonds. The van der Waals surface area contributed by atoms with Crippen molar-refractivity contribution < 1.29 is 18.3 Å². The van der Waals surface area contributed by atoms with Crippen LogP contribution in [0.2, 0.25) is 0 Å². The van der Waals surface area contributed by atoms with Crippen molar-refractivity contribution in [1.82, 2.24) is 9.71 Å². The highest BCUT2D eigenvalue weighted by Gasteiger charge is 2.36. The molecule has 0 spiro atoms. The summed E-state index contributed by atoms with van der Waals surface area (Å²) in [4.78, 5) is 15.6. The molecule has 0 aliphatic carbocycles. The average molecular weight is 333 g/mol. The highest BCUT2D eigenvalue weighted by molar-refractivity contribution is 7.92. The lowest BCUT2D eigenvalue weighted by Gasteiger charge is -2.19. The Bertz CT molecular complexity index is 868. The van der Waals surface area contributed by atoms with Gasteiger partial charge in [0.1, 0.15) is 12.3 Å². The first-order valence-electron chi connectivity index (χ1n) is 6.88. The summed E-state index contributed by atoms with van der Waals surface area (Å²) >= 11 is 0. The van der Waals surface area contributed by atoms with E-state index in [1.165, 1.54) is 6.07 Å². The number of aryl methyl sites for hydroxylation is 2. The molecule has 1 saturated heterocycles. The van der Waals surface area contributed by atoms with Gasteiger partial charge >= 0.3 is 10.2 Å². The quantitative estimate of drug-likeness (QED) is 0.862. The Morgan fingerprint density at radius 1 is 1.22 bits per heavy atom. The summed E-state index contributed by atoms with van der Waals surface area (Å²) in [5.74, 6) is -0.837. The van der Waals surface area contributed by atoms with E-state index >= 15 is 0 Å². The second kappa shape index (κ2) is 5.24. The molecule has 0 unspecified atom stereocenters. The Kier molecular flexibility index (Phi) is 3.48. The summed E-state index contributed by atoms with van der Waals surface area (Å²) in [5.41, 5.74) is 3.04. The van der Waals surface area contributed by atoms with E-state index in [0.29, 0.717) is 11.1 Å². The molecular weight excluding hydrogens is 318 g/mol. The first kappa shape index (κ1) is 15.3. The molecule has 0 saturated carbocycles. The van der Waals surface area contributed by atoms with Crippen molar-refractivity contribution in [1.29, 1.82) is 0 Å². The number of nitrogens with one attached hydrogen (secondary N) is 1. The topological polar surface area (TPSA) is 99.6 Å². The number of nitrogens with zero attached hydrogens (tertiary/aromatic N) is 2. The van der Waals surface area contributed by atoms with Gasteiger partial charge in [-0.25, -0.2) is 9.03 Å². The summed E-state index contributed by atoms with van der Waals surface area (Å²) in [5, 5.41) is 10.3. The van der Waals surface area contributed by atoms with Crippen LogP contribution in [0.25, 0.3) is 11.1 Å². The lowest BCUT2D eigenvalue weighted by atomic mass is 10.0. The number of carbonyl (C=O) groups is 1. The lowest BCUT2D eigenvalue weighted by molar-refractivity contribution is -0.117. The van der Waals surface area contributed by atoms with Gasteiger partial charge in [0.15, 0.2) is 0 Å². The third kappa shape index (κ3) is 2.72. The molecule has 1 fully saturated rings. The molecule has 8 heteroatoms. The van der Waals surface area contributed by atoms with Gasteiger partial charge in [0.05, 0.1) is 5.69 Å². The first-order chi connectivity index (χ1) is 10.8. The predicted octanol–water partition coefficient (Wildman–Crippen LogP) is 1.25. The van der Waals surface area contributed by atoms with Crippen molar-refractivity contribution in [2.24, 2.45) is 0 Å². The Balaban J connectivity index is 2.08. The van der Waals surface area contributed by atoms with E-state index in [1.54, 1.807) is 19.2 Å². The van der Waals surface area contributed by atoms with E-state index < -0.39 is 16.1 Å². The number of phenols is 1. The number of amides is 1. The number of carbonyl (C=O) groups excluding carboxylic acids is 1. The van der Waals surface area contributed by atoms with Crippen LogP contribution in [0.5, 0.6) is 5.75 Å². The molecule has 1 aromatic carbocycles. The molecular formula is C15H15N3O4S. The average Bonchev–Trinajstić information content (AvgIpc) is 2.71. The molecule has 1 aliphatic heterocycles. The van der Waals surface area contributed by atoms with E-state index in [1.807, 2.05) is 23.8 Å². The number of phenolic OH excluding ortho intramolecular Hbond substituents is 1. The minimum absolute atomic E-state index is 0.104. The zero-order valence-corrected chi connectivity index (χ0v) is 13.4. The fourth-order valence-electron chi connectivity index (χ4n) is 2.54. The molecule has 23 heavy (non-hydrogen) atoms. The smallest absolute Gasteiger partial charge is 0.326 e. The SMILES string of the molecule is Cc1ccc(-c2cc(C)c(N3CC(=O)NS3(=O)=O)c(O)c2)cn1. The van der Waals surface area contributed by atoms with Gasteiger partial charge < -0.3 is 5.11 Å². The van der Waals surface area contributed by atoms with Gasteiger partial charge in [0, 0.05) is 17.5 Å². The third-order valence-electron chi connectivity index (χ3n) is 3.59. The molecule has 120 valence electrons. The molecule has 0 bridgehead atoms. The minimum atomic E-state index is -3.96. The molecule has 3 rings (SSSR count). The normalized spacial score (nSPS) is 16.4. The fourth-order valence-corrected chi connectivity index (χ4v) is 3.76. The Hall–Kier alpha value is -2.61. The van der Waals surface area contributed by atoms with Crippen molar-refractivity contribution in [3.63, 3.8) is 0 Å². The maximum atomic E-state index is 11.9. The van der Waals surface area contributed by atoms with E-state index in [4.69, 9.17) is 0 Å². The van der Waals surface area contributed by atoms with Crippen molar-refractivity contribution in [3.05, 3.63) is 41.7 Å². The van der Waals surface area contributed by atoms with Crippen LogP contribution in [-0.4, -0.2) is 31.0 Å². The predicted molar refractivity (Wildman–Crippen MR) is 85.2 cm³/mol. The van der Waals surface area contributed by atoms with Crippen LogP contribution >= 0.6 is 0 Å². The maximum Gasteiger partial charge on any atom is 0.326 e. The van der Waals surface area contributed by atoms with Gasteiger partial charge in [-0.2, -0.15) is 8.42 Å². The molecule has 7 nitrogen and oxygen atoms in total. The molecule has 0 radical (unpaired) electrons. The molecule has 2 aromatic rings. The van der Waals surface area contributed by atoms with Gasteiger partial charge in [0.2, 0.25) is 0 Å². The van der Waals surface area contributed by atoms with Gasteiger partial charge in [-0.05, 0) is 43.2 Å². The molecule has 2 N–H and O–H groups in total. The first-order valence-corrected chi connectivity index (χ1v) is 8.32. The molecule has 1 aromatic heterocycles. The van der Waals surface area contributed by atoms with Crippen LogP contribution in [0, 0.1) is 13.8 Å². The number of pyridine rings is 1. The van der Waals surface area contributed by atoms with Gasteiger partial charge in [-0.3, -0.25) is 9.78 Å². The second-order valence-corrected chi connectivity index (χ2v) is 6.98. The monoisotopic (exact) mass is 333 g/mol. The molecule has 0 atom stereocenters. The molecule has 1 aliphatic rings. The summed E-state index contributed by atoms with van der Waals surface area (Å²) in [6.07, 6.45) is 1.68. The number of rotatable bonds is 2. The van der Waals surface area contributed by atoms with Crippen molar-refractivity contribution in [2.45, 2.75) is 13.8 Å². The van der Waals surface area contributed by atoms with Crippen LogP contribution in [0.1, 0.15) is 11.3 Å². The third-order valence-corrected chi connectivity index (χ3v) is 4.97. The number of hydrogen-bond donors (Lipinski definition) is 2. The molecule has 2 heterocycles. The highest BCUT2D eigenvalue weighted by Crippen LogP contribution is 2.37. The Morgan fingerprint density at radius 2 is 1.96 bits per heavy atom. The number of hydrogen-bond acceptors (Lipinski definition) is 5. The standard InChI is InChI=1S/C15H15N3O4S/c1-9-5-12(11-4-3-10(2)16-7-11)6-13(19)15(9)18-8-14(20)17-23(18,21)22/h3-7,19H,8H2,1-2H3,(H,17,20). The van der Waals surface area contributed by atoms with Crippen LogP contribution in [0.15, 0.2) is 30.5 Å². The second-order valence-electron chi connectivity index (χ2n) is 5.39. The van der Waals surface area contributed by atoms with E-state index in [0.717, 1.165) is 15.6 Å².